The fourth-order valence-corrected chi connectivity index (χ4v) is 10.5. The van der Waals surface area contributed by atoms with Crippen LogP contribution in [0.2, 0.25) is 0 Å². The van der Waals surface area contributed by atoms with Crippen molar-refractivity contribution in [3.8, 4) is 5.75 Å². The van der Waals surface area contributed by atoms with Crippen molar-refractivity contribution in [2.75, 3.05) is 33.0 Å². The number of benzene rings is 4. The molecule has 0 aliphatic carbocycles. The molecule has 0 fully saturated rings. The van der Waals surface area contributed by atoms with Gasteiger partial charge < -0.3 is 23.8 Å². The summed E-state index contributed by atoms with van der Waals surface area (Å²) in [5, 5.41) is 0. The number of rotatable bonds is 9. The molecule has 6 heterocycles. The molecular weight excluding hydrogens is 801 g/mol. The SMILES string of the molecule is CCCC[C@@]1(c2ccccc2)C2=N/C(=C3/c4ccccc4OCCOCCOCCn4c3ccc4[C@](CCCC)(c3ccccc3)C3=N/C(=C(/c4ccccc4)c4ccc1[nH]4)C=C3)C=C2. The number of allylic oxidation sites excluding steroid dienone is 4. The van der Waals surface area contributed by atoms with Crippen LogP contribution in [-0.2, 0) is 26.8 Å². The van der Waals surface area contributed by atoms with Gasteiger partial charge in [-0.15, -0.1) is 0 Å². The normalized spacial score (nSPS) is 23.0. The van der Waals surface area contributed by atoms with Crippen LogP contribution in [0.25, 0.3) is 11.1 Å². The first-order valence-electron chi connectivity index (χ1n) is 23.6. The second kappa shape index (κ2) is 18.9. The lowest BCUT2D eigenvalue weighted by molar-refractivity contribution is 0.0336. The van der Waals surface area contributed by atoms with Crippen molar-refractivity contribution >= 4 is 22.6 Å². The van der Waals surface area contributed by atoms with E-state index in [0.29, 0.717) is 39.6 Å². The molecule has 4 aliphatic rings. The average molecular weight is 859 g/mol. The van der Waals surface area contributed by atoms with Crippen molar-refractivity contribution < 1.29 is 14.2 Å². The highest BCUT2D eigenvalue weighted by molar-refractivity contribution is 6.11. The number of nitrogens with zero attached hydrogens (tertiary/aromatic N) is 3. The minimum absolute atomic E-state index is 0.417. The van der Waals surface area contributed by atoms with E-state index < -0.39 is 10.8 Å². The predicted molar refractivity (Wildman–Crippen MR) is 264 cm³/mol. The quantitative estimate of drug-likeness (QED) is 0.157. The zero-order chi connectivity index (χ0) is 44.1. The summed E-state index contributed by atoms with van der Waals surface area (Å²) >= 11 is 0. The lowest BCUT2D eigenvalue weighted by atomic mass is 9.70. The van der Waals surface area contributed by atoms with E-state index in [1.807, 2.05) is 0 Å². The second-order valence-corrected chi connectivity index (χ2v) is 17.4. The Labute approximate surface area is 383 Å². The van der Waals surface area contributed by atoms with Gasteiger partial charge in [0.25, 0.3) is 0 Å². The average Bonchev–Trinajstić information content (AvgIpc) is 4.21. The van der Waals surface area contributed by atoms with Crippen LogP contribution in [-0.4, -0.2) is 54.0 Å². The molecule has 65 heavy (non-hydrogen) atoms. The minimum Gasteiger partial charge on any atom is -0.491 e. The van der Waals surface area contributed by atoms with Crippen LogP contribution < -0.4 is 4.74 Å². The van der Waals surface area contributed by atoms with Gasteiger partial charge in [0.15, 0.2) is 0 Å². The number of aliphatic imine (C=N–C) groups is 2. The van der Waals surface area contributed by atoms with Crippen LogP contribution in [0.5, 0.6) is 5.75 Å². The molecule has 10 bridgehead atoms. The molecule has 4 aliphatic heterocycles. The molecule has 0 saturated heterocycles. The Bertz CT molecular complexity index is 2820. The molecule has 6 aromatic rings. The summed E-state index contributed by atoms with van der Waals surface area (Å²) in [5.41, 5.74) is 13.6. The summed E-state index contributed by atoms with van der Waals surface area (Å²) in [6, 6.07) is 50.4. The Morgan fingerprint density at radius 1 is 0.554 bits per heavy atom. The van der Waals surface area contributed by atoms with E-state index in [4.69, 9.17) is 24.2 Å². The van der Waals surface area contributed by atoms with Crippen molar-refractivity contribution in [1.82, 2.24) is 9.55 Å². The first-order chi connectivity index (χ1) is 32.2. The Kier molecular flexibility index (Phi) is 12.3. The van der Waals surface area contributed by atoms with Gasteiger partial charge in [-0.3, -0.25) is 9.98 Å². The van der Waals surface area contributed by atoms with Gasteiger partial charge in [-0.2, -0.15) is 0 Å². The highest BCUT2D eigenvalue weighted by Gasteiger charge is 2.44. The summed E-state index contributed by atoms with van der Waals surface area (Å²) in [6.45, 7) is 7.56. The van der Waals surface area contributed by atoms with Crippen LogP contribution in [0.1, 0.15) is 97.4 Å². The zero-order valence-corrected chi connectivity index (χ0v) is 37.6. The molecule has 0 spiro atoms. The number of hydrogen-bond donors (Lipinski definition) is 1. The maximum Gasteiger partial charge on any atom is 0.127 e. The van der Waals surface area contributed by atoms with Gasteiger partial charge in [0, 0.05) is 40.3 Å². The van der Waals surface area contributed by atoms with E-state index in [0.717, 1.165) is 106 Å². The molecular formula is C58H58N4O3. The van der Waals surface area contributed by atoms with Gasteiger partial charge in [0.05, 0.1) is 65.8 Å². The number of para-hydroxylation sites is 1. The minimum atomic E-state index is -0.615. The highest BCUT2D eigenvalue weighted by Crippen LogP contribution is 2.48. The molecule has 2 aromatic heterocycles. The van der Waals surface area contributed by atoms with Gasteiger partial charge in [0.2, 0.25) is 0 Å². The summed E-state index contributed by atoms with van der Waals surface area (Å²) in [6.07, 6.45) is 14.9. The lowest BCUT2D eigenvalue weighted by Crippen LogP contribution is -2.38. The number of aromatic amines is 1. The fraction of sp³-hybridized carbons (Fsp3) is 0.276. The zero-order valence-electron chi connectivity index (χ0n) is 37.6. The number of H-pyrrole nitrogens is 1. The molecule has 10 rings (SSSR count). The topological polar surface area (TPSA) is 73.1 Å². The predicted octanol–water partition coefficient (Wildman–Crippen LogP) is 12.4. The van der Waals surface area contributed by atoms with E-state index in [2.05, 4.69) is 187 Å². The maximum absolute atomic E-state index is 6.63. The molecule has 0 unspecified atom stereocenters. The number of nitrogens with one attached hydrogen (secondary N) is 1. The second-order valence-electron chi connectivity index (χ2n) is 17.4. The summed E-state index contributed by atoms with van der Waals surface area (Å²) < 4.78 is 21.5. The maximum atomic E-state index is 6.63. The molecule has 7 heteroatoms. The molecule has 328 valence electrons. The van der Waals surface area contributed by atoms with E-state index in [9.17, 15) is 0 Å². The third kappa shape index (κ3) is 7.81. The molecule has 0 radical (unpaired) electrons. The number of ether oxygens (including phenoxy) is 3. The third-order valence-electron chi connectivity index (χ3n) is 13.6. The van der Waals surface area contributed by atoms with Crippen LogP contribution in [0.4, 0.5) is 0 Å². The van der Waals surface area contributed by atoms with Gasteiger partial charge in [0.1, 0.15) is 12.4 Å². The number of unbranched alkanes of at least 4 members (excludes halogenated alkanes) is 2. The third-order valence-corrected chi connectivity index (χ3v) is 13.6. The fourth-order valence-electron chi connectivity index (χ4n) is 10.5. The molecule has 0 saturated carbocycles. The number of hydrogen-bond acceptors (Lipinski definition) is 5. The first-order valence-corrected chi connectivity index (χ1v) is 23.6. The van der Waals surface area contributed by atoms with E-state index in [1.54, 1.807) is 0 Å². The smallest absolute Gasteiger partial charge is 0.127 e. The van der Waals surface area contributed by atoms with Gasteiger partial charge >= 0.3 is 0 Å². The summed E-state index contributed by atoms with van der Waals surface area (Å²) in [5.74, 6) is 0.800. The Morgan fingerprint density at radius 2 is 1.14 bits per heavy atom. The van der Waals surface area contributed by atoms with Crippen molar-refractivity contribution in [3.05, 3.63) is 220 Å². The molecule has 0 amide bonds. The van der Waals surface area contributed by atoms with E-state index >= 15 is 0 Å². The number of aromatic nitrogens is 2. The molecule has 4 aromatic carbocycles. The van der Waals surface area contributed by atoms with Gasteiger partial charge in [-0.25, -0.2) is 0 Å². The van der Waals surface area contributed by atoms with Crippen molar-refractivity contribution in [3.63, 3.8) is 0 Å². The standard InChI is InChI=1S/C58H58N4O3/c1-3-5-34-57(43-20-12-8-13-21-43)51-30-26-46(59-51)55(42-18-10-7-11-19-42)47-27-32-53(60-47)58(35-6-4-2,44-22-14-9-15-23-44)54-33-29-49-56(48-28-31-52(57)61-48)45-24-16-17-25-50(45)65-41-40-64-39-38-63-37-36-62(49)54/h7-33,59H,3-6,34-41H2,1-2H3/b55-47-,56-48-/t57-,58+/m0/s1. The lowest BCUT2D eigenvalue weighted by Gasteiger charge is -2.36. The van der Waals surface area contributed by atoms with Gasteiger partial charge in [-0.05, 0) is 84.2 Å². The molecule has 7 nitrogen and oxygen atoms in total. The highest BCUT2D eigenvalue weighted by atomic mass is 16.5. The van der Waals surface area contributed by atoms with Crippen molar-refractivity contribution in [1.29, 1.82) is 0 Å². The van der Waals surface area contributed by atoms with E-state index in [-0.39, 0.29) is 0 Å². The van der Waals surface area contributed by atoms with Crippen LogP contribution in [0, 0.1) is 0 Å². The summed E-state index contributed by atoms with van der Waals surface area (Å²) in [7, 11) is 0. The Morgan fingerprint density at radius 3 is 1.85 bits per heavy atom. The Hall–Kier alpha value is -6.54. The number of fused-ring (bicyclic) bond motifs is 6. The van der Waals surface area contributed by atoms with Crippen molar-refractivity contribution in [2.45, 2.75) is 69.7 Å². The van der Waals surface area contributed by atoms with Crippen LogP contribution >= 0.6 is 0 Å². The van der Waals surface area contributed by atoms with Crippen LogP contribution in [0.15, 0.2) is 185 Å². The van der Waals surface area contributed by atoms with Crippen LogP contribution in [0.3, 0.4) is 0 Å². The van der Waals surface area contributed by atoms with Gasteiger partial charge in [-0.1, -0.05) is 149 Å². The van der Waals surface area contributed by atoms with Crippen molar-refractivity contribution in [2.24, 2.45) is 9.98 Å². The Balaban J connectivity index is 1.36. The van der Waals surface area contributed by atoms with E-state index in [1.165, 1.54) is 16.8 Å². The monoisotopic (exact) mass is 858 g/mol. The summed E-state index contributed by atoms with van der Waals surface area (Å²) in [4.78, 5) is 15.7. The molecule has 1 N–H and O–H groups in total. The first kappa shape index (κ1) is 42.4. The largest absolute Gasteiger partial charge is 0.491 e. The molecule has 2 atom stereocenters.